The molecule has 2 aromatic rings. The van der Waals surface area contributed by atoms with Gasteiger partial charge in [0.1, 0.15) is 5.82 Å². The van der Waals surface area contributed by atoms with Gasteiger partial charge in [-0.2, -0.15) is 0 Å². The number of aromatic nitrogens is 1. The first kappa shape index (κ1) is 17.5. The van der Waals surface area contributed by atoms with E-state index in [9.17, 15) is 14.0 Å². The molecule has 1 aromatic carbocycles. The summed E-state index contributed by atoms with van der Waals surface area (Å²) in [4.78, 5) is 27.4. The summed E-state index contributed by atoms with van der Waals surface area (Å²) in [6.07, 6.45) is 5.15. The molecule has 0 unspecified atom stereocenters. The van der Waals surface area contributed by atoms with E-state index in [0.717, 1.165) is 12.8 Å². The van der Waals surface area contributed by atoms with Crippen molar-refractivity contribution in [1.29, 1.82) is 0 Å². The molecular formula is C18H20FN3O2S. The molecule has 3 rings (SSSR count). The summed E-state index contributed by atoms with van der Waals surface area (Å²) in [5, 5.41) is 7.53. The molecule has 0 radical (unpaired) electrons. The molecule has 1 fully saturated rings. The number of hydrogen-bond acceptors (Lipinski definition) is 4. The highest BCUT2D eigenvalue weighted by Crippen LogP contribution is 2.30. The second kappa shape index (κ2) is 7.74. The van der Waals surface area contributed by atoms with Crippen LogP contribution in [0.15, 0.2) is 23.6 Å². The summed E-state index contributed by atoms with van der Waals surface area (Å²) >= 11 is 1.27. The molecule has 7 heteroatoms. The highest BCUT2D eigenvalue weighted by atomic mass is 32.1. The maximum Gasteiger partial charge on any atom is 0.226 e. The summed E-state index contributed by atoms with van der Waals surface area (Å²) < 4.78 is 14.3. The van der Waals surface area contributed by atoms with Crippen molar-refractivity contribution in [2.75, 3.05) is 10.6 Å². The fraction of sp³-hybridized carbons (Fsp3) is 0.389. The third-order valence-corrected chi connectivity index (χ3v) is 5.02. The fourth-order valence-electron chi connectivity index (χ4n) is 3.11. The van der Waals surface area contributed by atoms with E-state index in [-0.39, 0.29) is 11.8 Å². The Morgan fingerprint density at radius 1 is 1.28 bits per heavy atom. The number of rotatable bonds is 5. The minimum Gasteiger partial charge on any atom is -0.326 e. The van der Waals surface area contributed by atoms with Gasteiger partial charge >= 0.3 is 0 Å². The van der Waals surface area contributed by atoms with E-state index in [2.05, 4.69) is 15.6 Å². The Labute approximate surface area is 149 Å². The van der Waals surface area contributed by atoms with Crippen LogP contribution >= 0.6 is 11.3 Å². The van der Waals surface area contributed by atoms with E-state index in [1.54, 1.807) is 17.5 Å². The van der Waals surface area contributed by atoms with Gasteiger partial charge in [-0.15, -0.1) is 11.3 Å². The summed E-state index contributed by atoms with van der Waals surface area (Å²) in [6.45, 7) is 1.37. The molecule has 132 valence electrons. The normalized spacial score (nSPS) is 14.5. The third-order valence-electron chi connectivity index (χ3n) is 4.26. The number of hydrogen-bond donors (Lipinski definition) is 2. The fourth-order valence-corrected chi connectivity index (χ4v) is 3.83. The van der Waals surface area contributed by atoms with Gasteiger partial charge in [-0.25, -0.2) is 9.37 Å². The quantitative estimate of drug-likeness (QED) is 0.828. The van der Waals surface area contributed by atoms with Gasteiger partial charge in [-0.1, -0.05) is 12.8 Å². The maximum absolute atomic E-state index is 14.3. The average molecular weight is 361 g/mol. The van der Waals surface area contributed by atoms with Crippen LogP contribution in [0.1, 0.15) is 39.0 Å². The number of thiazole rings is 1. The lowest BCUT2D eigenvalue weighted by Gasteiger charge is -2.07. The number of halogens is 1. The van der Waals surface area contributed by atoms with Gasteiger partial charge < -0.3 is 10.6 Å². The molecule has 0 spiro atoms. The lowest BCUT2D eigenvalue weighted by Crippen LogP contribution is -2.14. The summed E-state index contributed by atoms with van der Waals surface area (Å²) in [5.74, 6) is -0.291. The van der Waals surface area contributed by atoms with Gasteiger partial charge in [-0.3, -0.25) is 9.59 Å². The summed E-state index contributed by atoms with van der Waals surface area (Å²) in [7, 11) is 0. The highest BCUT2D eigenvalue weighted by molar-refractivity contribution is 7.14. The second-order valence-corrected chi connectivity index (χ2v) is 7.17. The van der Waals surface area contributed by atoms with Crippen molar-refractivity contribution in [2.24, 2.45) is 5.92 Å². The summed E-state index contributed by atoms with van der Waals surface area (Å²) in [6, 6.07) is 4.45. The molecule has 25 heavy (non-hydrogen) atoms. The molecule has 0 atom stereocenters. The number of anilines is 2. The van der Waals surface area contributed by atoms with E-state index < -0.39 is 5.82 Å². The van der Waals surface area contributed by atoms with E-state index in [1.165, 1.54) is 37.2 Å². The minimum atomic E-state index is -0.472. The predicted octanol–water partition coefficient (Wildman–Crippen LogP) is 4.43. The average Bonchev–Trinajstić information content (AvgIpc) is 3.19. The first-order valence-electron chi connectivity index (χ1n) is 8.34. The second-order valence-electron chi connectivity index (χ2n) is 6.32. The zero-order valence-electron chi connectivity index (χ0n) is 14.0. The van der Waals surface area contributed by atoms with Crippen molar-refractivity contribution in [2.45, 2.75) is 39.0 Å². The first-order chi connectivity index (χ1) is 12.0. The number of benzene rings is 1. The highest BCUT2D eigenvalue weighted by Gasteiger charge is 2.19. The molecule has 1 saturated carbocycles. The number of carbonyl (C=O) groups is 2. The van der Waals surface area contributed by atoms with Crippen LogP contribution < -0.4 is 10.6 Å². The van der Waals surface area contributed by atoms with Gasteiger partial charge in [0.2, 0.25) is 11.8 Å². The Hall–Kier alpha value is -2.28. The lowest BCUT2D eigenvalue weighted by molar-refractivity contribution is -0.117. The molecule has 0 saturated heterocycles. The topological polar surface area (TPSA) is 71.1 Å². The molecule has 0 bridgehead atoms. The van der Waals surface area contributed by atoms with E-state index >= 15 is 0 Å². The molecule has 1 aliphatic rings. The van der Waals surface area contributed by atoms with Crippen molar-refractivity contribution in [3.8, 4) is 11.3 Å². The zero-order valence-corrected chi connectivity index (χ0v) is 14.8. The first-order valence-corrected chi connectivity index (χ1v) is 9.22. The Morgan fingerprint density at radius 2 is 2.04 bits per heavy atom. The van der Waals surface area contributed by atoms with Gasteiger partial charge in [-0.05, 0) is 37.0 Å². The van der Waals surface area contributed by atoms with Gasteiger partial charge in [0.05, 0.1) is 5.69 Å². The number of carbonyl (C=O) groups excluding carboxylic acids is 2. The van der Waals surface area contributed by atoms with Crippen molar-refractivity contribution < 1.29 is 14.0 Å². The Morgan fingerprint density at radius 3 is 2.72 bits per heavy atom. The molecular weight excluding hydrogens is 341 g/mol. The Bertz CT molecular complexity index is 784. The smallest absolute Gasteiger partial charge is 0.226 e. The number of nitrogens with one attached hydrogen (secondary N) is 2. The molecule has 2 amide bonds. The molecule has 2 N–H and O–H groups in total. The molecule has 1 heterocycles. The molecule has 1 aliphatic carbocycles. The predicted molar refractivity (Wildman–Crippen MR) is 97.0 cm³/mol. The Balaban J connectivity index is 1.66. The largest absolute Gasteiger partial charge is 0.326 e. The van der Waals surface area contributed by atoms with Crippen LogP contribution in [0.2, 0.25) is 0 Å². The van der Waals surface area contributed by atoms with Crippen LogP contribution in [-0.4, -0.2) is 16.8 Å². The van der Waals surface area contributed by atoms with Gasteiger partial charge in [0, 0.05) is 30.0 Å². The van der Waals surface area contributed by atoms with Crippen LogP contribution in [0.4, 0.5) is 15.2 Å². The van der Waals surface area contributed by atoms with Crippen LogP contribution in [0, 0.1) is 11.7 Å². The number of amides is 2. The van der Waals surface area contributed by atoms with E-state index in [4.69, 9.17) is 0 Å². The van der Waals surface area contributed by atoms with Crippen molar-refractivity contribution in [1.82, 2.24) is 4.98 Å². The third kappa shape index (κ3) is 4.63. The van der Waals surface area contributed by atoms with E-state index in [1.807, 2.05) is 0 Å². The molecule has 5 nitrogen and oxygen atoms in total. The van der Waals surface area contributed by atoms with Crippen LogP contribution in [-0.2, 0) is 9.59 Å². The van der Waals surface area contributed by atoms with E-state index in [0.29, 0.717) is 34.4 Å². The van der Waals surface area contributed by atoms with Gasteiger partial charge in [0.15, 0.2) is 5.13 Å². The Kier molecular flexibility index (Phi) is 5.43. The van der Waals surface area contributed by atoms with Gasteiger partial charge in [0.25, 0.3) is 0 Å². The zero-order chi connectivity index (χ0) is 17.8. The van der Waals surface area contributed by atoms with Crippen molar-refractivity contribution >= 4 is 34.0 Å². The summed E-state index contributed by atoms with van der Waals surface area (Å²) in [5.41, 5.74) is 1.20. The van der Waals surface area contributed by atoms with Crippen LogP contribution in [0.5, 0.6) is 0 Å². The number of nitrogens with zero attached hydrogens (tertiary/aromatic N) is 1. The lowest BCUT2D eigenvalue weighted by atomic mass is 10.0. The van der Waals surface area contributed by atoms with Crippen LogP contribution in [0.25, 0.3) is 11.3 Å². The molecule has 0 aliphatic heterocycles. The van der Waals surface area contributed by atoms with Crippen molar-refractivity contribution in [3.63, 3.8) is 0 Å². The monoisotopic (exact) mass is 361 g/mol. The minimum absolute atomic E-state index is 0.0331. The standard InChI is InChI=1S/C18H20FN3O2S/c1-11(23)20-13-6-7-14(15(19)9-13)16-10-25-18(21-16)22-17(24)8-12-4-2-3-5-12/h6-7,9-10,12H,2-5,8H2,1H3,(H,20,23)(H,21,22,24). The maximum atomic E-state index is 14.3. The van der Waals surface area contributed by atoms with Crippen LogP contribution in [0.3, 0.4) is 0 Å². The molecule has 1 aromatic heterocycles. The van der Waals surface area contributed by atoms with Crippen molar-refractivity contribution in [3.05, 3.63) is 29.4 Å². The SMILES string of the molecule is CC(=O)Nc1ccc(-c2csc(NC(=O)CC3CCCC3)n2)c(F)c1.